The second-order valence-corrected chi connectivity index (χ2v) is 5.17. The van der Waals surface area contributed by atoms with Gasteiger partial charge in [0, 0.05) is 10.4 Å². The molecule has 0 heterocycles. The van der Waals surface area contributed by atoms with E-state index in [4.69, 9.17) is 0 Å². The Kier molecular flexibility index (Phi) is 4.02. The van der Waals surface area contributed by atoms with Crippen LogP contribution in [0, 0.1) is 0 Å². The van der Waals surface area contributed by atoms with Crippen LogP contribution in [-0.2, 0) is 5.54 Å². The van der Waals surface area contributed by atoms with Gasteiger partial charge in [-0.25, -0.2) is 0 Å². The molecule has 1 aromatic carbocycles. The molecule has 0 aromatic heterocycles. The summed E-state index contributed by atoms with van der Waals surface area (Å²) in [5.41, 5.74) is 1.40. The van der Waals surface area contributed by atoms with Crippen molar-refractivity contribution in [3.05, 3.63) is 29.8 Å². The fourth-order valence-electron chi connectivity index (χ4n) is 1.28. The van der Waals surface area contributed by atoms with Gasteiger partial charge in [-0.2, -0.15) is 0 Å². The van der Waals surface area contributed by atoms with Gasteiger partial charge in [-0.3, -0.25) is 0 Å². The number of hydrogen-bond acceptors (Lipinski definition) is 2. The van der Waals surface area contributed by atoms with Crippen molar-refractivity contribution in [2.45, 2.75) is 31.2 Å². The van der Waals surface area contributed by atoms with Crippen LogP contribution >= 0.6 is 11.8 Å². The first-order chi connectivity index (χ1) is 6.60. The van der Waals surface area contributed by atoms with Crippen molar-refractivity contribution in [3.63, 3.8) is 0 Å². The first-order valence-electron chi connectivity index (χ1n) is 5.02. The summed E-state index contributed by atoms with van der Waals surface area (Å²) in [4.78, 5) is 1.35. The van der Waals surface area contributed by atoms with Crippen molar-refractivity contribution < 1.29 is 0 Å². The molecule has 0 fully saturated rings. The Labute approximate surface area is 91.3 Å². The first-order valence-corrected chi connectivity index (χ1v) is 6.01. The number of thioether (sulfide) groups is 1. The molecule has 2 heteroatoms. The number of nitrogens with one attached hydrogen (secondary N) is 1. The highest BCUT2D eigenvalue weighted by molar-refractivity contribution is 7.99. The van der Waals surface area contributed by atoms with Gasteiger partial charge >= 0.3 is 0 Å². The van der Waals surface area contributed by atoms with Gasteiger partial charge in [-0.1, -0.05) is 19.1 Å². The van der Waals surface area contributed by atoms with E-state index in [9.17, 15) is 0 Å². The summed E-state index contributed by atoms with van der Waals surface area (Å²) in [5, 5.41) is 3.30. The zero-order chi connectivity index (χ0) is 10.6. The lowest BCUT2D eigenvalue weighted by Gasteiger charge is -2.24. The summed E-state index contributed by atoms with van der Waals surface area (Å²) in [5.74, 6) is 1.13. The summed E-state index contributed by atoms with van der Waals surface area (Å²) >= 11 is 1.88. The van der Waals surface area contributed by atoms with Crippen LogP contribution < -0.4 is 5.32 Å². The van der Waals surface area contributed by atoms with E-state index in [0.717, 1.165) is 5.75 Å². The zero-order valence-electron chi connectivity index (χ0n) is 9.42. The van der Waals surface area contributed by atoms with E-state index in [0.29, 0.717) is 0 Å². The summed E-state index contributed by atoms with van der Waals surface area (Å²) in [6, 6.07) is 8.80. The minimum atomic E-state index is 0.0649. The lowest BCUT2D eigenvalue weighted by Crippen LogP contribution is -2.32. The monoisotopic (exact) mass is 209 g/mol. The molecule has 0 aliphatic carbocycles. The molecule has 0 radical (unpaired) electrons. The molecule has 1 nitrogen and oxygen atoms in total. The molecule has 0 bridgehead atoms. The van der Waals surface area contributed by atoms with E-state index < -0.39 is 0 Å². The molecular formula is C12H19NS. The first kappa shape index (κ1) is 11.6. The molecule has 0 aliphatic rings. The highest BCUT2D eigenvalue weighted by Gasteiger charge is 2.16. The van der Waals surface area contributed by atoms with Crippen molar-refractivity contribution >= 4 is 11.8 Å². The molecule has 1 rings (SSSR count). The molecule has 0 unspecified atom stereocenters. The van der Waals surface area contributed by atoms with Crippen LogP contribution in [0.15, 0.2) is 29.2 Å². The molecule has 0 saturated heterocycles. The van der Waals surface area contributed by atoms with E-state index in [2.05, 4.69) is 50.4 Å². The van der Waals surface area contributed by atoms with Crippen molar-refractivity contribution in [2.24, 2.45) is 0 Å². The third-order valence-corrected chi connectivity index (χ3v) is 3.41. The fourth-order valence-corrected chi connectivity index (χ4v) is 1.94. The Hall–Kier alpha value is -0.470. The Morgan fingerprint density at radius 3 is 2.21 bits per heavy atom. The summed E-state index contributed by atoms with van der Waals surface area (Å²) in [6.45, 7) is 6.56. The Balaban J connectivity index is 2.82. The van der Waals surface area contributed by atoms with Crippen LogP contribution in [0.4, 0.5) is 0 Å². The van der Waals surface area contributed by atoms with Gasteiger partial charge in [0.2, 0.25) is 0 Å². The lowest BCUT2D eigenvalue weighted by atomic mass is 9.95. The minimum absolute atomic E-state index is 0.0649. The van der Waals surface area contributed by atoms with Gasteiger partial charge < -0.3 is 5.32 Å². The topological polar surface area (TPSA) is 12.0 Å². The SMILES string of the molecule is CCSc1ccc(C(C)(C)NC)cc1. The van der Waals surface area contributed by atoms with Crippen molar-refractivity contribution in [2.75, 3.05) is 12.8 Å². The van der Waals surface area contributed by atoms with Gasteiger partial charge in [-0.05, 0) is 44.3 Å². The van der Waals surface area contributed by atoms with Gasteiger partial charge in [0.15, 0.2) is 0 Å². The molecule has 0 aliphatic heterocycles. The number of rotatable bonds is 4. The van der Waals surface area contributed by atoms with Crippen LogP contribution in [0.1, 0.15) is 26.3 Å². The van der Waals surface area contributed by atoms with Crippen molar-refractivity contribution in [1.82, 2.24) is 5.32 Å². The van der Waals surface area contributed by atoms with E-state index in [-0.39, 0.29) is 5.54 Å². The smallest absolute Gasteiger partial charge is 0.0374 e. The molecular weight excluding hydrogens is 190 g/mol. The van der Waals surface area contributed by atoms with E-state index in [1.165, 1.54) is 10.5 Å². The maximum absolute atomic E-state index is 3.30. The summed E-state index contributed by atoms with van der Waals surface area (Å²) < 4.78 is 0. The number of benzene rings is 1. The van der Waals surface area contributed by atoms with Crippen molar-refractivity contribution in [3.8, 4) is 0 Å². The van der Waals surface area contributed by atoms with Gasteiger partial charge in [-0.15, -0.1) is 11.8 Å². The van der Waals surface area contributed by atoms with E-state index in [1.807, 2.05) is 18.8 Å². The Morgan fingerprint density at radius 2 is 1.79 bits per heavy atom. The predicted octanol–water partition coefficient (Wildman–Crippen LogP) is 3.25. The fraction of sp³-hybridized carbons (Fsp3) is 0.500. The molecule has 14 heavy (non-hydrogen) atoms. The van der Waals surface area contributed by atoms with Crippen molar-refractivity contribution in [1.29, 1.82) is 0 Å². The van der Waals surface area contributed by atoms with Gasteiger partial charge in [0.25, 0.3) is 0 Å². The molecule has 1 N–H and O–H groups in total. The molecule has 78 valence electrons. The van der Waals surface area contributed by atoms with Crippen LogP contribution in [-0.4, -0.2) is 12.8 Å². The second kappa shape index (κ2) is 4.85. The molecule has 0 spiro atoms. The maximum atomic E-state index is 3.30. The Morgan fingerprint density at radius 1 is 1.21 bits per heavy atom. The number of hydrogen-bond donors (Lipinski definition) is 1. The summed E-state index contributed by atoms with van der Waals surface area (Å²) in [6.07, 6.45) is 0. The average Bonchev–Trinajstić information content (AvgIpc) is 2.19. The van der Waals surface area contributed by atoms with Crippen LogP contribution in [0.25, 0.3) is 0 Å². The molecule has 0 saturated carbocycles. The van der Waals surface area contributed by atoms with Crippen LogP contribution in [0.3, 0.4) is 0 Å². The van der Waals surface area contributed by atoms with Gasteiger partial charge in [0.05, 0.1) is 0 Å². The zero-order valence-corrected chi connectivity index (χ0v) is 10.2. The second-order valence-electron chi connectivity index (χ2n) is 3.83. The molecule has 0 amide bonds. The normalized spacial score (nSPS) is 11.7. The highest BCUT2D eigenvalue weighted by Crippen LogP contribution is 2.23. The van der Waals surface area contributed by atoms with Crippen LogP contribution in [0.5, 0.6) is 0 Å². The van der Waals surface area contributed by atoms with E-state index >= 15 is 0 Å². The highest BCUT2D eigenvalue weighted by atomic mass is 32.2. The third kappa shape index (κ3) is 2.76. The maximum Gasteiger partial charge on any atom is 0.0374 e. The molecule has 1 aromatic rings. The Bertz CT molecular complexity index is 277. The summed E-state index contributed by atoms with van der Waals surface area (Å²) in [7, 11) is 1.99. The van der Waals surface area contributed by atoms with Crippen LogP contribution in [0.2, 0.25) is 0 Å². The minimum Gasteiger partial charge on any atom is -0.311 e. The largest absolute Gasteiger partial charge is 0.311 e. The molecule has 0 atom stereocenters. The third-order valence-electron chi connectivity index (χ3n) is 2.51. The van der Waals surface area contributed by atoms with Gasteiger partial charge in [0.1, 0.15) is 0 Å². The average molecular weight is 209 g/mol. The lowest BCUT2D eigenvalue weighted by molar-refractivity contribution is 0.444. The van der Waals surface area contributed by atoms with E-state index in [1.54, 1.807) is 0 Å². The standard InChI is InChI=1S/C12H19NS/c1-5-14-11-8-6-10(7-9-11)12(2,3)13-4/h6-9,13H,5H2,1-4H3. The quantitative estimate of drug-likeness (QED) is 0.764. The predicted molar refractivity (Wildman–Crippen MR) is 64.9 cm³/mol.